The van der Waals surface area contributed by atoms with Gasteiger partial charge in [0.2, 0.25) is 0 Å². The van der Waals surface area contributed by atoms with Crippen LogP contribution in [0.1, 0.15) is 38.7 Å². The van der Waals surface area contributed by atoms with Gasteiger partial charge in [0.05, 0.1) is 0 Å². The van der Waals surface area contributed by atoms with Crippen LogP contribution in [-0.2, 0) is 6.42 Å². The van der Waals surface area contributed by atoms with Crippen molar-refractivity contribution in [2.45, 2.75) is 51.6 Å². The Kier molecular flexibility index (Phi) is 3.79. The first-order valence-electron chi connectivity index (χ1n) is 7.86. The maximum absolute atomic E-state index is 3.72. The second-order valence-electron chi connectivity index (χ2n) is 6.28. The van der Waals surface area contributed by atoms with E-state index in [1.54, 1.807) is 0 Å². The number of rotatable bonds is 3. The zero-order chi connectivity index (χ0) is 13.2. The summed E-state index contributed by atoms with van der Waals surface area (Å²) in [6, 6.07) is 10.2. The van der Waals surface area contributed by atoms with Crippen molar-refractivity contribution in [3.05, 3.63) is 29.8 Å². The van der Waals surface area contributed by atoms with Gasteiger partial charge >= 0.3 is 0 Å². The smallest absolute Gasteiger partial charge is 0.0402 e. The number of fused-ring (bicyclic) bond motifs is 1. The summed E-state index contributed by atoms with van der Waals surface area (Å²) in [6.07, 6.45) is 5.26. The van der Waals surface area contributed by atoms with Crippen molar-refractivity contribution >= 4 is 5.69 Å². The Balaban J connectivity index is 1.69. The molecule has 0 aromatic heterocycles. The number of hydrogen-bond donors (Lipinski definition) is 1. The van der Waals surface area contributed by atoms with Gasteiger partial charge < -0.3 is 10.2 Å². The van der Waals surface area contributed by atoms with Crippen LogP contribution < -0.4 is 10.2 Å². The predicted octanol–water partition coefficient (Wildman–Crippen LogP) is 3.22. The maximum Gasteiger partial charge on any atom is 0.0402 e. The summed E-state index contributed by atoms with van der Waals surface area (Å²) >= 11 is 0. The average Bonchev–Trinajstić information content (AvgIpc) is 2.76. The van der Waals surface area contributed by atoms with Crippen molar-refractivity contribution in [1.29, 1.82) is 0 Å². The lowest BCUT2D eigenvalue weighted by atomic mass is 9.90. The topological polar surface area (TPSA) is 15.3 Å². The van der Waals surface area contributed by atoms with Crippen molar-refractivity contribution in [2.75, 3.05) is 18.0 Å². The van der Waals surface area contributed by atoms with E-state index >= 15 is 0 Å². The van der Waals surface area contributed by atoms with Gasteiger partial charge in [-0.25, -0.2) is 0 Å². The highest BCUT2D eigenvalue weighted by Crippen LogP contribution is 2.32. The normalized spacial score (nSPS) is 30.4. The van der Waals surface area contributed by atoms with Gasteiger partial charge in [-0.05, 0) is 50.3 Å². The van der Waals surface area contributed by atoms with Gasteiger partial charge in [0.25, 0.3) is 0 Å². The summed E-state index contributed by atoms with van der Waals surface area (Å²) in [4.78, 5) is 2.62. The summed E-state index contributed by atoms with van der Waals surface area (Å²) in [5.41, 5.74) is 2.99. The SMILES string of the molecule is CCC1CCNC(CN2c3ccccc3CC2C)C1. The molecular weight excluding hydrogens is 232 g/mol. The Labute approximate surface area is 117 Å². The molecule has 0 bridgehead atoms. The molecule has 2 aliphatic heterocycles. The average molecular weight is 258 g/mol. The lowest BCUT2D eigenvalue weighted by molar-refractivity contribution is 0.294. The molecule has 104 valence electrons. The molecule has 2 heterocycles. The van der Waals surface area contributed by atoms with E-state index in [4.69, 9.17) is 0 Å². The van der Waals surface area contributed by atoms with Gasteiger partial charge in [0.1, 0.15) is 0 Å². The molecule has 0 aliphatic carbocycles. The first-order valence-corrected chi connectivity index (χ1v) is 7.86. The number of nitrogens with zero attached hydrogens (tertiary/aromatic N) is 1. The minimum absolute atomic E-state index is 0.654. The van der Waals surface area contributed by atoms with E-state index in [2.05, 4.69) is 48.3 Å². The summed E-state index contributed by atoms with van der Waals surface area (Å²) in [6.45, 7) is 7.07. The largest absolute Gasteiger partial charge is 0.367 e. The second kappa shape index (κ2) is 5.54. The molecule has 2 nitrogen and oxygen atoms in total. The van der Waals surface area contributed by atoms with Crippen molar-refractivity contribution in [2.24, 2.45) is 5.92 Å². The molecule has 1 aromatic rings. The van der Waals surface area contributed by atoms with E-state index in [1.165, 1.54) is 50.0 Å². The van der Waals surface area contributed by atoms with Gasteiger partial charge in [-0.2, -0.15) is 0 Å². The van der Waals surface area contributed by atoms with Crippen LogP contribution in [0, 0.1) is 5.92 Å². The summed E-state index contributed by atoms with van der Waals surface area (Å²) in [5, 5.41) is 3.72. The third-order valence-corrected chi connectivity index (χ3v) is 4.95. The fourth-order valence-electron chi connectivity index (χ4n) is 3.75. The van der Waals surface area contributed by atoms with Crippen LogP contribution in [0.25, 0.3) is 0 Å². The fourth-order valence-corrected chi connectivity index (χ4v) is 3.75. The minimum atomic E-state index is 0.654. The van der Waals surface area contributed by atoms with Crippen LogP contribution in [0.5, 0.6) is 0 Å². The Bertz CT molecular complexity index is 429. The molecule has 0 spiro atoms. The van der Waals surface area contributed by atoms with Crippen LogP contribution in [0.4, 0.5) is 5.69 Å². The third-order valence-electron chi connectivity index (χ3n) is 4.95. The zero-order valence-electron chi connectivity index (χ0n) is 12.2. The number of nitrogens with one attached hydrogen (secondary N) is 1. The molecule has 1 fully saturated rings. The summed E-state index contributed by atoms with van der Waals surface area (Å²) < 4.78 is 0. The van der Waals surface area contributed by atoms with Crippen molar-refractivity contribution in [3.63, 3.8) is 0 Å². The third kappa shape index (κ3) is 2.64. The number of hydrogen-bond acceptors (Lipinski definition) is 2. The molecular formula is C17H26N2. The Morgan fingerprint density at radius 1 is 1.32 bits per heavy atom. The highest BCUT2D eigenvalue weighted by Gasteiger charge is 2.29. The van der Waals surface area contributed by atoms with Gasteiger partial charge in [-0.3, -0.25) is 0 Å². The molecule has 1 N–H and O–H groups in total. The van der Waals surface area contributed by atoms with E-state index in [9.17, 15) is 0 Å². The molecule has 0 radical (unpaired) electrons. The van der Waals surface area contributed by atoms with E-state index in [-0.39, 0.29) is 0 Å². The van der Waals surface area contributed by atoms with Crippen LogP contribution in [-0.4, -0.2) is 25.2 Å². The summed E-state index contributed by atoms with van der Waals surface area (Å²) in [5.74, 6) is 0.930. The highest BCUT2D eigenvalue weighted by atomic mass is 15.2. The molecule has 3 rings (SSSR count). The molecule has 3 unspecified atom stereocenters. The first kappa shape index (κ1) is 13.0. The Hall–Kier alpha value is -1.02. The quantitative estimate of drug-likeness (QED) is 0.895. The van der Waals surface area contributed by atoms with E-state index in [0.717, 1.165) is 5.92 Å². The number of piperidine rings is 1. The predicted molar refractivity (Wildman–Crippen MR) is 81.8 cm³/mol. The zero-order valence-corrected chi connectivity index (χ0v) is 12.2. The molecule has 0 saturated carbocycles. The van der Waals surface area contributed by atoms with Crippen LogP contribution in [0.15, 0.2) is 24.3 Å². The van der Waals surface area contributed by atoms with Crippen LogP contribution >= 0.6 is 0 Å². The highest BCUT2D eigenvalue weighted by molar-refractivity contribution is 5.59. The number of anilines is 1. The number of para-hydroxylation sites is 1. The molecule has 1 aromatic carbocycles. The molecule has 2 heteroatoms. The summed E-state index contributed by atoms with van der Waals surface area (Å²) in [7, 11) is 0. The molecule has 0 amide bonds. The van der Waals surface area contributed by atoms with Crippen molar-refractivity contribution in [1.82, 2.24) is 5.32 Å². The molecule has 3 atom stereocenters. The van der Waals surface area contributed by atoms with Gasteiger partial charge in [0, 0.05) is 24.3 Å². The number of benzene rings is 1. The first-order chi connectivity index (χ1) is 9.28. The van der Waals surface area contributed by atoms with E-state index in [0.29, 0.717) is 12.1 Å². The molecule has 2 aliphatic rings. The molecule has 19 heavy (non-hydrogen) atoms. The minimum Gasteiger partial charge on any atom is -0.367 e. The lowest BCUT2D eigenvalue weighted by Gasteiger charge is -2.35. The second-order valence-corrected chi connectivity index (χ2v) is 6.28. The van der Waals surface area contributed by atoms with Crippen molar-refractivity contribution in [3.8, 4) is 0 Å². The lowest BCUT2D eigenvalue weighted by Crippen LogP contribution is -2.47. The fraction of sp³-hybridized carbons (Fsp3) is 0.647. The van der Waals surface area contributed by atoms with E-state index < -0.39 is 0 Å². The van der Waals surface area contributed by atoms with Crippen LogP contribution in [0.2, 0.25) is 0 Å². The van der Waals surface area contributed by atoms with Gasteiger partial charge in [-0.15, -0.1) is 0 Å². The molecule has 1 saturated heterocycles. The Morgan fingerprint density at radius 2 is 2.16 bits per heavy atom. The maximum atomic E-state index is 3.72. The monoisotopic (exact) mass is 258 g/mol. The Morgan fingerprint density at radius 3 is 3.00 bits per heavy atom. The van der Waals surface area contributed by atoms with Gasteiger partial charge in [0.15, 0.2) is 0 Å². The standard InChI is InChI=1S/C17H26N2/c1-3-14-8-9-18-16(11-14)12-19-13(2)10-15-6-4-5-7-17(15)19/h4-7,13-14,16,18H,3,8-12H2,1-2H3. The van der Waals surface area contributed by atoms with E-state index in [1.807, 2.05) is 0 Å². The van der Waals surface area contributed by atoms with Crippen LogP contribution in [0.3, 0.4) is 0 Å². The van der Waals surface area contributed by atoms with Crippen molar-refractivity contribution < 1.29 is 0 Å². The van der Waals surface area contributed by atoms with Gasteiger partial charge in [-0.1, -0.05) is 31.5 Å².